The fourth-order valence-electron chi connectivity index (χ4n) is 4.47. The Labute approximate surface area is 249 Å². The van der Waals surface area contributed by atoms with Crippen molar-refractivity contribution >= 4 is 51.4 Å². The molecule has 0 atom stereocenters. The van der Waals surface area contributed by atoms with Gasteiger partial charge in [-0.3, -0.25) is 0 Å². The van der Waals surface area contributed by atoms with E-state index in [9.17, 15) is 0 Å². The first-order valence-electron chi connectivity index (χ1n) is 12.8. The van der Waals surface area contributed by atoms with Crippen LogP contribution < -0.4 is 23.4 Å². The first-order valence-corrected chi connectivity index (χ1v) is 14.9. The third-order valence-corrected chi connectivity index (χ3v) is 7.50. The molecule has 0 radical (unpaired) electrons. The Morgan fingerprint density at radius 3 is 2.17 bits per heavy atom. The van der Waals surface area contributed by atoms with Gasteiger partial charge in [-0.25, -0.2) is 23.1 Å². The van der Waals surface area contributed by atoms with Crippen LogP contribution in [0, 0.1) is 10.2 Å². The average molecular weight is 597 g/mol. The Morgan fingerprint density at radius 2 is 1.43 bits per heavy atom. The van der Waals surface area contributed by atoms with Crippen LogP contribution in [0.15, 0.2) is 125 Å². The van der Waals surface area contributed by atoms with Crippen molar-refractivity contribution < 1.29 is 38.0 Å². The molecule has 6 rings (SSSR count). The lowest BCUT2D eigenvalue weighted by Gasteiger charge is -2.19. The first-order chi connectivity index (χ1) is 20.3. The van der Waals surface area contributed by atoms with Gasteiger partial charge in [-0.05, 0) is 64.8 Å². The van der Waals surface area contributed by atoms with Crippen molar-refractivity contribution in [2.24, 2.45) is 0 Å². The number of rotatable bonds is 5. The van der Waals surface area contributed by atoms with E-state index in [0.29, 0.717) is 0 Å². The van der Waals surface area contributed by atoms with E-state index in [1.54, 1.807) is 7.11 Å². The lowest BCUT2D eigenvalue weighted by atomic mass is 9.98. The SMILES string of the molecule is COc1ccc(C=Cc2cc(C=C3C=C(c4ccccc4)Sc4ccccc43)c3ccccc3[o+]2)cc1.[O-][Cl+3]([O-])([O-])[O-]. The van der Waals surface area contributed by atoms with E-state index < -0.39 is 10.2 Å². The second kappa shape index (κ2) is 13.2. The fourth-order valence-corrected chi connectivity index (χ4v) is 5.59. The molecule has 1 aliphatic heterocycles. The van der Waals surface area contributed by atoms with Gasteiger partial charge in [0.25, 0.3) is 0 Å². The van der Waals surface area contributed by atoms with Gasteiger partial charge in [0.05, 0.1) is 18.6 Å². The molecule has 0 spiro atoms. The van der Waals surface area contributed by atoms with Crippen molar-refractivity contribution in [1.29, 1.82) is 0 Å². The molecule has 8 heteroatoms. The molecule has 4 aromatic carbocycles. The summed E-state index contributed by atoms with van der Waals surface area (Å²) in [6, 6.07) is 37.5. The second-order valence-electron chi connectivity index (χ2n) is 9.16. The van der Waals surface area contributed by atoms with Gasteiger partial charge >= 0.3 is 11.3 Å². The molecule has 1 aromatic heterocycles. The summed E-state index contributed by atoms with van der Waals surface area (Å²) in [5, 5.41) is 1.09. The Morgan fingerprint density at radius 1 is 0.762 bits per heavy atom. The molecule has 0 bridgehead atoms. The summed E-state index contributed by atoms with van der Waals surface area (Å²) >= 11 is 1.82. The van der Waals surface area contributed by atoms with Crippen LogP contribution in [0.1, 0.15) is 28.0 Å². The highest BCUT2D eigenvalue weighted by molar-refractivity contribution is 8.08. The number of benzene rings is 4. The van der Waals surface area contributed by atoms with Crippen LogP contribution in [0.5, 0.6) is 5.75 Å². The second-order valence-corrected chi connectivity index (χ2v) is 11.0. The minimum absolute atomic E-state index is 0.798. The normalized spacial score (nSPS) is 13.8. The van der Waals surface area contributed by atoms with Crippen LogP contribution >= 0.6 is 11.8 Å². The van der Waals surface area contributed by atoms with E-state index in [4.69, 9.17) is 27.8 Å². The van der Waals surface area contributed by atoms with E-state index in [2.05, 4.69) is 91.0 Å². The number of fused-ring (bicyclic) bond motifs is 2. The van der Waals surface area contributed by atoms with E-state index in [-0.39, 0.29) is 0 Å². The quantitative estimate of drug-likeness (QED) is 0.267. The van der Waals surface area contributed by atoms with Crippen molar-refractivity contribution in [3.63, 3.8) is 0 Å². The summed E-state index contributed by atoms with van der Waals surface area (Å²) in [6.45, 7) is 0. The van der Waals surface area contributed by atoms with Crippen LogP contribution in [0.2, 0.25) is 0 Å². The third kappa shape index (κ3) is 7.74. The van der Waals surface area contributed by atoms with Gasteiger partial charge in [-0.15, -0.1) is 10.2 Å². The Kier molecular flexibility index (Phi) is 9.19. The molecule has 6 nitrogen and oxygen atoms in total. The zero-order valence-electron chi connectivity index (χ0n) is 22.4. The van der Waals surface area contributed by atoms with E-state index in [1.807, 2.05) is 54.2 Å². The molecule has 0 amide bonds. The predicted molar refractivity (Wildman–Crippen MR) is 157 cm³/mol. The van der Waals surface area contributed by atoms with Crippen LogP contribution in [0.25, 0.3) is 39.7 Å². The molecule has 210 valence electrons. The molecular formula is C34H25ClO6S. The average Bonchev–Trinajstić information content (AvgIpc) is 3.00. The zero-order chi connectivity index (χ0) is 29.5. The molecule has 1 aliphatic rings. The molecular weight excluding hydrogens is 572 g/mol. The lowest BCUT2D eigenvalue weighted by Crippen LogP contribution is -2.68. The molecule has 5 aromatic rings. The van der Waals surface area contributed by atoms with Gasteiger partial charge in [0.15, 0.2) is 0 Å². The van der Waals surface area contributed by atoms with Crippen molar-refractivity contribution in [3.05, 3.63) is 143 Å². The van der Waals surface area contributed by atoms with Crippen LogP contribution in [0.3, 0.4) is 0 Å². The van der Waals surface area contributed by atoms with Crippen molar-refractivity contribution in [1.82, 2.24) is 0 Å². The van der Waals surface area contributed by atoms with Gasteiger partial charge in [0.1, 0.15) is 5.75 Å². The molecule has 0 N–H and O–H groups in total. The fraction of sp³-hybridized carbons (Fsp3) is 0.0294. The van der Waals surface area contributed by atoms with Gasteiger partial charge < -0.3 is 4.74 Å². The van der Waals surface area contributed by atoms with Gasteiger partial charge in [0, 0.05) is 27.5 Å². The standard InChI is InChI=1S/C34H25O2S.ClHO4/c1-35-28-18-15-24(16-19-28)17-20-29-22-26(30-11-5-7-13-32(30)36-29)21-27-23-34(25-9-3-2-4-10-25)37-33-14-8-6-12-31(27)33;2-1(3,4)5/h2-23H,1H3;(H,2,3,4,5)/q+1;/p-1. The summed E-state index contributed by atoms with van der Waals surface area (Å²) in [7, 11) is -3.27. The Bertz CT molecular complexity index is 1770. The van der Waals surface area contributed by atoms with Crippen molar-refractivity contribution in [2.75, 3.05) is 7.11 Å². The number of allylic oxidation sites excluding steroid dienone is 2. The van der Waals surface area contributed by atoms with Crippen LogP contribution in [0.4, 0.5) is 0 Å². The van der Waals surface area contributed by atoms with Crippen molar-refractivity contribution in [3.8, 4) is 5.75 Å². The minimum atomic E-state index is -4.94. The van der Waals surface area contributed by atoms with E-state index in [0.717, 1.165) is 33.6 Å². The highest BCUT2D eigenvalue weighted by atomic mass is 35.7. The molecule has 0 aliphatic carbocycles. The molecule has 42 heavy (non-hydrogen) atoms. The summed E-state index contributed by atoms with van der Waals surface area (Å²) in [5.41, 5.74) is 6.72. The predicted octanol–water partition coefficient (Wildman–Crippen LogP) is 4.82. The summed E-state index contributed by atoms with van der Waals surface area (Å²) < 4.78 is 45.5. The Hall–Kier alpha value is -4.21. The maximum Gasteiger partial charge on any atom is 0.361 e. The topological polar surface area (TPSA) is 113 Å². The number of hydrogen-bond acceptors (Lipinski definition) is 6. The molecule has 0 fully saturated rings. The number of para-hydroxylation sites is 1. The van der Waals surface area contributed by atoms with Gasteiger partial charge in [-0.2, -0.15) is 0 Å². The molecule has 0 saturated heterocycles. The monoisotopic (exact) mass is 596 g/mol. The number of hydrogen-bond donors (Lipinski definition) is 0. The minimum Gasteiger partial charge on any atom is -0.497 e. The number of halogens is 1. The molecule has 0 saturated carbocycles. The Balaban J connectivity index is 0.000000652. The van der Waals surface area contributed by atoms with Crippen molar-refractivity contribution in [2.45, 2.75) is 4.90 Å². The summed E-state index contributed by atoms with van der Waals surface area (Å²) in [6.07, 6.45) is 8.66. The maximum atomic E-state index is 8.49. The maximum absolute atomic E-state index is 8.49. The zero-order valence-corrected chi connectivity index (χ0v) is 24.0. The van der Waals surface area contributed by atoms with Gasteiger partial charge in [-0.1, -0.05) is 84.6 Å². The number of thioether (sulfide) groups is 1. The summed E-state index contributed by atoms with van der Waals surface area (Å²) in [5.74, 6) is 1.64. The number of ether oxygens (including phenoxy) is 1. The van der Waals surface area contributed by atoms with E-state index in [1.165, 1.54) is 26.5 Å². The van der Waals surface area contributed by atoms with E-state index >= 15 is 0 Å². The highest BCUT2D eigenvalue weighted by Crippen LogP contribution is 2.45. The third-order valence-electron chi connectivity index (χ3n) is 6.35. The lowest BCUT2D eigenvalue weighted by molar-refractivity contribution is -2.00. The van der Waals surface area contributed by atoms with Gasteiger partial charge in [0.2, 0.25) is 0 Å². The largest absolute Gasteiger partial charge is 0.497 e. The highest BCUT2D eigenvalue weighted by Gasteiger charge is 2.19. The first kappa shape index (κ1) is 29.3. The smallest absolute Gasteiger partial charge is 0.361 e. The van der Waals surface area contributed by atoms with Crippen LogP contribution in [-0.4, -0.2) is 7.11 Å². The molecule has 0 unspecified atom stereocenters. The molecule has 2 heterocycles. The summed E-state index contributed by atoms with van der Waals surface area (Å²) in [4.78, 5) is 2.51. The van der Waals surface area contributed by atoms with Crippen LogP contribution in [-0.2, 0) is 0 Å². The number of methoxy groups -OCH3 is 1.